The van der Waals surface area contributed by atoms with Crippen molar-refractivity contribution in [1.82, 2.24) is 9.88 Å². The van der Waals surface area contributed by atoms with Gasteiger partial charge >= 0.3 is 0 Å². The lowest BCUT2D eigenvalue weighted by atomic mass is 10.0. The lowest BCUT2D eigenvalue weighted by Crippen LogP contribution is -2.44. The third-order valence-corrected chi connectivity index (χ3v) is 4.26. The molecule has 0 saturated carbocycles. The topological polar surface area (TPSA) is 53.5 Å². The molecule has 3 rings (SSSR count). The molecule has 2 amide bonds. The molecule has 124 valence electrons. The minimum absolute atomic E-state index is 0.0479. The predicted molar refractivity (Wildman–Crippen MR) is 92.4 cm³/mol. The van der Waals surface area contributed by atoms with Gasteiger partial charge in [0.2, 0.25) is 11.8 Å². The van der Waals surface area contributed by atoms with Crippen LogP contribution in [-0.2, 0) is 22.6 Å². The Kier molecular flexibility index (Phi) is 4.89. The SMILES string of the molecule is CC(=O)N(CC(=O)N1CCCc2ccccc21)Cc1ccccn1. The maximum absolute atomic E-state index is 12.8. The van der Waals surface area contributed by atoms with E-state index in [1.807, 2.05) is 36.4 Å². The first-order chi connectivity index (χ1) is 11.6. The maximum Gasteiger partial charge on any atom is 0.246 e. The Hall–Kier alpha value is -2.69. The molecule has 1 aromatic heterocycles. The first-order valence-corrected chi connectivity index (χ1v) is 8.19. The number of amides is 2. The Morgan fingerprint density at radius 1 is 1.17 bits per heavy atom. The van der Waals surface area contributed by atoms with Gasteiger partial charge in [-0.3, -0.25) is 14.6 Å². The highest BCUT2D eigenvalue weighted by Crippen LogP contribution is 2.26. The second-order valence-electron chi connectivity index (χ2n) is 5.97. The molecule has 5 heteroatoms. The summed E-state index contributed by atoms with van der Waals surface area (Å²) in [5, 5.41) is 0. The van der Waals surface area contributed by atoms with E-state index >= 15 is 0 Å². The lowest BCUT2D eigenvalue weighted by molar-refractivity contribution is -0.134. The number of carbonyl (C=O) groups excluding carboxylic acids is 2. The maximum atomic E-state index is 12.8. The van der Waals surface area contributed by atoms with E-state index < -0.39 is 0 Å². The summed E-state index contributed by atoms with van der Waals surface area (Å²) in [4.78, 5) is 32.3. The van der Waals surface area contributed by atoms with Crippen molar-refractivity contribution in [1.29, 1.82) is 0 Å². The molecule has 2 aromatic rings. The number of fused-ring (bicyclic) bond motifs is 1. The molecule has 0 spiro atoms. The normalized spacial score (nSPS) is 13.3. The number of carbonyl (C=O) groups is 2. The third-order valence-electron chi connectivity index (χ3n) is 4.26. The Morgan fingerprint density at radius 3 is 2.71 bits per heavy atom. The second-order valence-corrected chi connectivity index (χ2v) is 5.97. The van der Waals surface area contributed by atoms with Crippen LogP contribution in [0.3, 0.4) is 0 Å². The van der Waals surface area contributed by atoms with Crippen molar-refractivity contribution in [3.63, 3.8) is 0 Å². The van der Waals surface area contributed by atoms with Crippen molar-refractivity contribution in [2.75, 3.05) is 18.0 Å². The highest BCUT2D eigenvalue weighted by atomic mass is 16.2. The van der Waals surface area contributed by atoms with Gasteiger partial charge < -0.3 is 9.80 Å². The van der Waals surface area contributed by atoms with Gasteiger partial charge in [0, 0.05) is 25.4 Å². The molecule has 0 bridgehead atoms. The van der Waals surface area contributed by atoms with Gasteiger partial charge in [0.15, 0.2) is 0 Å². The van der Waals surface area contributed by atoms with E-state index in [1.54, 1.807) is 16.0 Å². The van der Waals surface area contributed by atoms with E-state index in [0.29, 0.717) is 13.1 Å². The molecule has 0 N–H and O–H groups in total. The van der Waals surface area contributed by atoms with Crippen LogP contribution in [0.5, 0.6) is 0 Å². The van der Waals surface area contributed by atoms with E-state index in [1.165, 1.54) is 12.5 Å². The largest absolute Gasteiger partial charge is 0.328 e. The fourth-order valence-electron chi connectivity index (χ4n) is 3.01. The molecule has 1 aliphatic heterocycles. The van der Waals surface area contributed by atoms with Crippen LogP contribution in [0.2, 0.25) is 0 Å². The summed E-state index contributed by atoms with van der Waals surface area (Å²) in [6.45, 7) is 2.60. The van der Waals surface area contributed by atoms with Crippen molar-refractivity contribution in [3.8, 4) is 0 Å². The highest BCUT2D eigenvalue weighted by molar-refractivity contribution is 5.97. The molecule has 0 radical (unpaired) electrons. The molecule has 0 atom stereocenters. The van der Waals surface area contributed by atoms with Crippen LogP contribution >= 0.6 is 0 Å². The van der Waals surface area contributed by atoms with Crippen molar-refractivity contribution in [3.05, 3.63) is 59.9 Å². The fraction of sp³-hybridized carbons (Fsp3) is 0.316. The zero-order valence-electron chi connectivity index (χ0n) is 13.8. The van der Waals surface area contributed by atoms with Crippen LogP contribution in [0, 0.1) is 0 Å². The molecule has 2 heterocycles. The average molecular weight is 323 g/mol. The number of rotatable bonds is 4. The van der Waals surface area contributed by atoms with Crippen molar-refractivity contribution >= 4 is 17.5 Å². The summed E-state index contributed by atoms with van der Waals surface area (Å²) in [5.41, 5.74) is 2.94. The Labute approximate surface area is 141 Å². The van der Waals surface area contributed by atoms with Crippen LogP contribution in [0.1, 0.15) is 24.6 Å². The third kappa shape index (κ3) is 3.62. The summed E-state index contributed by atoms with van der Waals surface area (Å²) < 4.78 is 0. The summed E-state index contributed by atoms with van der Waals surface area (Å²) in [5.74, 6) is -0.174. The molecule has 0 fully saturated rings. The molecular weight excluding hydrogens is 302 g/mol. The lowest BCUT2D eigenvalue weighted by Gasteiger charge is -2.31. The zero-order chi connectivity index (χ0) is 16.9. The summed E-state index contributed by atoms with van der Waals surface area (Å²) >= 11 is 0. The number of anilines is 1. The Morgan fingerprint density at radius 2 is 1.96 bits per heavy atom. The smallest absolute Gasteiger partial charge is 0.246 e. The summed E-state index contributed by atoms with van der Waals surface area (Å²) in [6.07, 6.45) is 3.63. The van der Waals surface area contributed by atoms with Crippen LogP contribution in [0.15, 0.2) is 48.7 Å². The zero-order valence-corrected chi connectivity index (χ0v) is 13.8. The number of benzene rings is 1. The molecule has 0 aliphatic carbocycles. The number of hydrogen-bond acceptors (Lipinski definition) is 3. The number of hydrogen-bond donors (Lipinski definition) is 0. The van der Waals surface area contributed by atoms with Crippen molar-refractivity contribution in [2.45, 2.75) is 26.3 Å². The number of aryl methyl sites for hydroxylation is 1. The van der Waals surface area contributed by atoms with Gasteiger partial charge in [-0.05, 0) is 36.6 Å². The Bertz CT molecular complexity index is 730. The van der Waals surface area contributed by atoms with E-state index in [2.05, 4.69) is 11.1 Å². The predicted octanol–water partition coefficient (Wildman–Crippen LogP) is 2.41. The van der Waals surface area contributed by atoms with Gasteiger partial charge in [-0.25, -0.2) is 0 Å². The van der Waals surface area contributed by atoms with Gasteiger partial charge in [-0.15, -0.1) is 0 Å². The fourth-order valence-corrected chi connectivity index (χ4v) is 3.01. The van der Waals surface area contributed by atoms with E-state index in [0.717, 1.165) is 24.2 Å². The first kappa shape index (κ1) is 16.2. The van der Waals surface area contributed by atoms with E-state index in [9.17, 15) is 9.59 Å². The van der Waals surface area contributed by atoms with Gasteiger partial charge in [-0.2, -0.15) is 0 Å². The molecule has 0 unspecified atom stereocenters. The molecule has 5 nitrogen and oxygen atoms in total. The summed E-state index contributed by atoms with van der Waals surface area (Å²) in [7, 11) is 0. The number of para-hydroxylation sites is 1. The molecule has 0 saturated heterocycles. The second kappa shape index (κ2) is 7.25. The standard InChI is InChI=1S/C19H21N3O2/c1-15(23)21(13-17-9-4-5-11-20-17)14-19(24)22-12-6-8-16-7-2-3-10-18(16)22/h2-5,7,9-11H,6,8,12-14H2,1H3. The number of aromatic nitrogens is 1. The average Bonchev–Trinajstić information content (AvgIpc) is 2.61. The molecular formula is C19H21N3O2. The van der Waals surface area contributed by atoms with Crippen LogP contribution < -0.4 is 4.90 Å². The highest BCUT2D eigenvalue weighted by Gasteiger charge is 2.24. The molecule has 1 aliphatic rings. The van der Waals surface area contributed by atoms with E-state index in [-0.39, 0.29) is 18.4 Å². The minimum Gasteiger partial charge on any atom is -0.328 e. The Balaban J connectivity index is 1.74. The monoisotopic (exact) mass is 323 g/mol. The quantitative estimate of drug-likeness (QED) is 0.868. The summed E-state index contributed by atoms with van der Waals surface area (Å²) in [6, 6.07) is 13.5. The number of nitrogens with zero attached hydrogens (tertiary/aromatic N) is 3. The van der Waals surface area contributed by atoms with Crippen LogP contribution in [0.25, 0.3) is 0 Å². The van der Waals surface area contributed by atoms with Gasteiger partial charge in [0.1, 0.15) is 6.54 Å². The number of pyridine rings is 1. The molecule has 1 aromatic carbocycles. The van der Waals surface area contributed by atoms with Crippen molar-refractivity contribution < 1.29 is 9.59 Å². The molecule has 24 heavy (non-hydrogen) atoms. The van der Waals surface area contributed by atoms with Crippen molar-refractivity contribution in [2.24, 2.45) is 0 Å². The van der Waals surface area contributed by atoms with Crippen LogP contribution in [-0.4, -0.2) is 34.8 Å². The minimum atomic E-state index is -0.126. The van der Waals surface area contributed by atoms with Gasteiger partial charge in [-0.1, -0.05) is 24.3 Å². The van der Waals surface area contributed by atoms with E-state index in [4.69, 9.17) is 0 Å². The first-order valence-electron chi connectivity index (χ1n) is 8.19. The van der Waals surface area contributed by atoms with Gasteiger partial charge in [0.05, 0.1) is 12.2 Å². The van der Waals surface area contributed by atoms with Crippen LogP contribution in [0.4, 0.5) is 5.69 Å². The van der Waals surface area contributed by atoms with Gasteiger partial charge in [0.25, 0.3) is 0 Å².